The molecule has 0 saturated carbocycles. The van der Waals surface area contributed by atoms with Crippen LogP contribution in [0.15, 0.2) is 0 Å². The van der Waals surface area contributed by atoms with Crippen molar-refractivity contribution in [1.82, 2.24) is 10.2 Å². The molecule has 0 bridgehead atoms. The Morgan fingerprint density at radius 2 is 2.50 bits per heavy atom. The number of carbonyl (C=O) groups excluding carboxylic acids is 1. The molecule has 1 amide bonds. The van der Waals surface area contributed by atoms with Gasteiger partial charge in [0.15, 0.2) is 0 Å². The molecule has 1 rings (SSSR count). The van der Waals surface area contributed by atoms with E-state index in [0.717, 1.165) is 19.7 Å². The number of carbonyl (C=O) groups is 1. The second-order valence-electron chi connectivity index (χ2n) is 3.13. The summed E-state index contributed by atoms with van der Waals surface area (Å²) in [4.78, 5) is 13.2. The molecule has 0 aromatic heterocycles. The summed E-state index contributed by atoms with van der Waals surface area (Å²) in [7, 11) is 3.69. The molecule has 1 aliphatic heterocycles. The molecule has 70 valence electrons. The highest BCUT2D eigenvalue weighted by molar-refractivity contribution is 5.76. The Kier molecular flexibility index (Phi) is 3.49. The Bertz CT molecular complexity index is 161. The van der Waals surface area contributed by atoms with Crippen molar-refractivity contribution in [3.8, 4) is 0 Å². The number of amides is 1. The Hall–Kier alpha value is -0.610. The number of nitrogens with zero attached hydrogens (tertiary/aromatic N) is 1. The molecule has 1 atom stereocenters. The summed E-state index contributed by atoms with van der Waals surface area (Å²) >= 11 is 0. The van der Waals surface area contributed by atoms with Crippen molar-refractivity contribution in [3.05, 3.63) is 0 Å². The van der Waals surface area contributed by atoms with Crippen LogP contribution in [0.1, 0.15) is 6.42 Å². The SMILES string of the molecule is CNC(=O)CC1CN(C)CCO1. The van der Waals surface area contributed by atoms with Crippen molar-refractivity contribution in [2.45, 2.75) is 12.5 Å². The molecule has 12 heavy (non-hydrogen) atoms. The number of morpholine rings is 1. The smallest absolute Gasteiger partial charge is 0.222 e. The van der Waals surface area contributed by atoms with E-state index >= 15 is 0 Å². The van der Waals surface area contributed by atoms with Crippen LogP contribution in [0, 0.1) is 0 Å². The summed E-state index contributed by atoms with van der Waals surface area (Å²) in [6.07, 6.45) is 0.546. The van der Waals surface area contributed by atoms with Gasteiger partial charge in [0.25, 0.3) is 0 Å². The number of ether oxygens (including phenoxy) is 1. The fraction of sp³-hybridized carbons (Fsp3) is 0.875. The van der Waals surface area contributed by atoms with Crippen LogP contribution in [0.5, 0.6) is 0 Å². The van der Waals surface area contributed by atoms with E-state index in [2.05, 4.69) is 10.2 Å². The first-order valence-corrected chi connectivity index (χ1v) is 4.23. The minimum Gasteiger partial charge on any atom is -0.375 e. The average molecular weight is 172 g/mol. The van der Waals surface area contributed by atoms with Crippen molar-refractivity contribution in [1.29, 1.82) is 0 Å². The lowest BCUT2D eigenvalue weighted by molar-refractivity contribution is -0.125. The van der Waals surface area contributed by atoms with Crippen LogP contribution in [0.25, 0.3) is 0 Å². The number of likely N-dealkylation sites (N-methyl/N-ethyl adjacent to an activating group) is 1. The first kappa shape index (κ1) is 9.48. The lowest BCUT2D eigenvalue weighted by Gasteiger charge is -2.29. The normalized spacial score (nSPS) is 25.3. The topological polar surface area (TPSA) is 41.6 Å². The summed E-state index contributed by atoms with van der Waals surface area (Å²) in [5.41, 5.74) is 0. The Balaban J connectivity index is 2.27. The molecule has 1 heterocycles. The van der Waals surface area contributed by atoms with Crippen molar-refractivity contribution in [3.63, 3.8) is 0 Å². The quantitative estimate of drug-likeness (QED) is 0.608. The molecule has 1 aliphatic rings. The van der Waals surface area contributed by atoms with Crippen LogP contribution >= 0.6 is 0 Å². The average Bonchev–Trinajstić information content (AvgIpc) is 2.04. The van der Waals surface area contributed by atoms with Crippen molar-refractivity contribution in [2.75, 3.05) is 33.8 Å². The zero-order chi connectivity index (χ0) is 8.97. The van der Waals surface area contributed by atoms with Crippen molar-refractivity contribution in [2.24, 2.45) is 0 Å². The molecule has 1 saturated heterocycles. The predicted molar refractivity (Wildman–Crippen MR) is 45.9 cm³/mol. The Morgan fingerprint density at radius 1 is 1.75 bits per heavy atom. The van der Waals surface area contributed by atoms with Crippen LogP contribution in [-0.2, 0) is 9.53 Å². The van der Waals surface area contributed by atoms with Crippen LogP contribution in [-0.4, -0.2) is 50.7 Å². The summed E-state index contributed by atoms with van der Waals surface area (Å²) in [5.74, 6) is 0.0512. The molecule has 1 N–H and O–H groups in total. The van der Waals surface area contributed by atoms with Crippen LogP contribution in [0.4, 0.5) is 0 Å². The molecule has 0 aromatic rings. The maximum absolute atomic E-state index is 11.0. The highest BCUT2D eigenvalue weighted by atomic mass is 16.5. The second-order valence-corrected chi connectivity index (χ2v) is 3.13. The van der Waals surface area contributed by atoms with Crippen LogP contribution in [0.3, 0.4) is 0 Å². The van der Waals surface area contributed by atoms with E-state index in [0.29, 0.717) is 6.42 Å². The third-order valence-electron chi connectivity index (χ3n) is 2.03. The molecular formula is C8H16N2O2. The first-order chi connectivity index (χ1) is 5.72. The standard InChI is InChI=1S/C8H16N2O2/c1-9-8(11)5-7-6-10(2)3-4-12-7/h7H,3-6H2,1-2H3,(H,9,11). The van der Waals surface area contributed by atoms with E-state index in [4.69, 9.17) is 4.74 Å². The van der Waals surface area contributed by atoms with Gasteiger partial charge in [0, 0.05) is 20.1 Å². The maximum atomic E-state index is 11.0. The molecule has 0 spiro atoms. The number of nitrogens with one attached hydrogen (secondary N) is 1. The second kappa shape index (κ2) is 4.42. The zero-order valence-corrected chi connectivity index (χ0v) is 7.67. The van der Waals surface area contributed by atoms with Gasteiger partial charge in [0.05, 0.1) is 19.1 Å². The molecule has 0 radical (unpaired) electrons. The predicted octanol–water partition coefficient (Wildman–Crippen LogP) is -0.547. The van der Waals surface area contributed by atoms with E-state index in [-0.39, 0.29) is 12.0 Å². The third kappa shape index (κ3) is 2.79. The first-order valence-electron chi connectivity index (χ1n) is 4.23. The number of rotatable bonds is 2. The Labute approximate surface area is 72.9 Å². The summed E-state index contributed by atoms with van der Waals surface area (Å²) in [6, 6.07) is 0. The van der Waals surface area contributed by atoms with E-state index in [9.17, 15) is 4.79 Å². The molecular weight excluding hydrogens is 156 g/mol. The van der Waals surface area contributed by atoms with Crippen molar-refractivity contribution < 1.29 is 9.53 Å². The van der Waals surface area contributed by atoms with Gasteiger partial charge < -0.3 is 15.0 Å². The van der Waals surface area contributed by atoms with E-state index in [1.165, 1.54) is 0 Å². The minimum absolute atomic E-state index is 0.0512. The Morgan fingerprint density at radius 3 is 3.08 bits per heavy atom. The highest BCUT2D eigenvalue weighted by Gasteiger charge is 2.19. The molecule has 1 unspecified atom stereocenters. The van der Waals surface area contributed by atoms with E-state index in [1.54, 1.807) is 7.05 Å². The lowest BCUT2D eigenvalue weighted by Crippen LogP contribution is -2.42. The van der Waals surface area contributed by atoms with Crippen molar-refractivity contribution >= 4 is 5.91 Å². The fourth-order valence-corrected chi connectivity index (χ4v) is 1.30. The maximum Gasteiger partial charge on any atom is 0.222 e. The monoisotopic (exact) mass is 172 g/mol. The third-order valence-corrected chi connectivity index (χ3v) is 2.03. The van der Waals surface area contributed by atoms with Crippen LogP contribution < -0.4 is 5.32 Å². The summed E-state index contributed by atoms with van der Waals surface area (Å²) < 4.78 is 5.42. The number of hydrogen-bond donors (Lipinski definition) is 1. The molecule has 4 nitrogen and oxygen atoms in total. The van der Waals surface area contributed by atoms with E-state index < -0.39 is 0 Å². The molecule has 0 aliphatic carbocycles. The molecule has 0 aromatic carbocycles. The fourth-order valence-electron chi connectivity index (χ4n) is 1.30. The molecule has 4 heteroatoms. The summed E-state index contributed by atoms with van der Waals surface area (Å²) in [6.45, 7) is 2.55. The van der Waals surface area contributed by atoms with Gasteiger partial charge in [-0.1, -0.05) is 0 Å². The lowest BCUT2D eigenvalue weighted by atomic mass is 10.2. The van der Waals surface area contributed by atoms with Gasteiger partial charge in [-0.3, -0.25) is 4.79 Å². The van der Waals surface area contributed by atoms with Gasteiger partial charge in [-0.15, -0.1) is 0 Å². The van der Waals surface area contributed by atoms with Gasteiger partial charge in [0.1, 0.15) is 0 Å². The van der Waals surface area contributed by atoms with Gasteiger partial charge >= 0.3 is 0 Å². The van der Waals surface area contributed by atoms with Gasteiger partial charge in [-0.2, -0.15) is 0 Å². The van der Waals surface area contributed by atoms with Crippen LogP contribution in [0.2, 0.25) is 0 Å². The minimum atomic E-state index is 0.0512. The van der Waals surface area contributed by atoms with Gasteiger partial charge in [-0.25, -0.2) is 0 Å². The van der Waals surface area contributed by atoms with Gasteiger partial charge in [0.2, 0.25) is 5.91 Å². The van der Waals surface area contributed by atoms with E-state index in [1.807, 2.05) is 7.05 Å². The highest BCUT2D eigenvalue weighted by Crippen LogP contribution is 2.06. The largest absolute Gasteiger partial charge is 0.375 e. The number of hydrogen-bond acceptors (Lipinski definition) is 3. The molecule has 1 fully saturated rings. The zero-order valence-electron chi connectivity index (χ0n) is 7.67. The summed E-state index contributed by atoms with van der Waals surface area (Å²) in [5, 5.41) is 2.59. The van der Waals surface area contributed by atoms with Gasteiger partial charge in [-0.05, 0) is 7.05 Å².